The molecule has 0 atom stereocenters. The van der Waals surface area contributed by atoms with E-state index in [4.69, 9.17) is 0 Å². The molecule has 10 saturated heterocycles. The van der Waals surface area contributed by atoms with Gasteiger partial charge in [-0.25, -0.2) is 0 Å². The number of benzene rings is 3. The maximum atomic E-state index is 2.41. The van der Waals surface area contributed by atoms with Gasteiger partial charge in [-0.1, -0.05) is 54.6 Å². The van der Waals surface area contributed by atoms with Gasteiger partial charge in [-0.3, -0.25) is 0 Å². The van der Waals surface area contributed by atoms with Crippen LogP contribution in [0.25, 0.3) is 0 Å². The summed E-state index contributed by atoms with van der Waals surface area (Å²) in [6.07, 6.45) is 0. The van der Waals surface area contributed by atoms with Crippen molar-refractivity contribution in [2.24, 2.45) is 0 Å². The minimum atomic E-state index is -2.28. The first-order chi connectivity index (χ1) is 15.0. The molecule has 164 valence electrons. The second-order valence-electron chi connectivity index (χ2n) is 14.6. The molecule has 0 aliphatic carbocycles. The molecule has 10 aliphatic heterocycles. The van der Waals surface area contributed by atoms with E-state index >= 15 is 0 Å². The Bertz CT molecular complexity index is 1420. The molecule has 0 bridgehead atoms. The third kappa shape index (κ3) is 0.395. The fourth-order valence-corrected chi connectivity index (χ4v) is 93.8. The Morgan fingerprint density at radius 3 is 0.812 bits per heavy atom. The van der Waals surface area contributed by atoms with Crippen molar-refractivity contribution in [3.8, 4) is 0 Å². The van der Waals surface area contributed by atoms with Crippen LogP contribution in [0.3, 0.4) is 0 Å². The van der Waals surface area contributed by atoms with E-state index < -0.39 is 13.8 Å². The van der Waals surface area contributed by atoms with Crippen LogP contribution in [0.15, 0.2) is 91.0 Å². The van der Waals surface area contributed by atoms with E-state index in [0.29, 0.717) is 0 Å². The van der Waals surface area contributed by atoms with Crippen LogP contribution >= 0.6 is 7.26 Å². The Kier molecular flexibility index (Phi) is 1.22. The zero-order chi connectivity index (χ0) is 19.9. The molecule has 3 aromatic rings. The molecule has 0 saturated carbocycles. The Balaban J connectivity index is 0.0000000975. The SMILES string of the molecule is C[P+](c1ccccc1)(c1ccccc1)c1ccccc1.[Br-].[CH]12[CH]3[CH]4[CH]5[CH]1[Fe]23451678[CH]2[CH]1[CH]6[CH]7[CH]28. The molecule has 0 aromatic heterocycles. The van der Waals surface area contributed by atoms with Gasteiger partial charge in [0.05, 0.1) is 6.66 Å². The molecule has 10 fully saturated rings. The van der Waals surface area contributed by atoms with Crippen LogP contribution in [-0.2, 0) is 6.51 Å². The van der Waals surface area contributed by atoms with Gasteiger partial charge in [0, 0.05) is 0 Å². The van der Waals surface area contributed by atoms with Crippen LogP contribution < -0.4 is 32.9 Å². The Morgan fingerprint density at radius 1 is 0.438 bits per heavy atom. The summed E-state index contributed by atoms with van der Waals surface area (Å²) < 4.78 is 0. The van der Waals surface area contributed by atoms with Gasteiger partial charge in [0.2, 0.25) is 0 Å². The van der Waals surface area contributed by atoms with Crippen LogP contribution in [0, 0.1) is 0 Å². The van der Waals surface area contributed by atoms with Gasteiger partial charge in [-0.2, -0.15) is 0 Å². The van der Waals surface area contributed by atoms with Gasteiger partial charge in [0.25, 0.3) is 0 Å². The van der Waals surface area contributed by atoms with Crippen molar-refractivity contribution < 1.29 is 23.5 Å². The molecule has 10 aliphatic rings. The predicted molar refractivity (Wildman–Crippen MR) is 129 cm³/mol. The molecular formula is C29H28BrFeP. The third-order valence-electron chi connectivity index (χ3n) is 18.4. The molecular weight excluding hydrogens is 515 g/mol. The molecule has 0 nitrogen and oxygen atoms in total. The first kappa shape index (κ1) is 16.7. The summed E-state index contributed by atoms with van der Waals surface area (Å²) in [6, 6.07) is 32.6. The molecule has 0 radical (unpaired) electrons. The van der Waals surface area contributed by atoms with E-state index in [-0.39, 0.29) is 17.0 Å². The van der Waals surface area contributed by atoms with Gasteiger partial charge >= 0.3 is 54.7 Å². The molecule has 0 amide bonds. The van der Waals surface area contributed by atoms with Crippen LogP contribution in [0.1, 0.15) is 0 Å². The summed E-state index contributed by atoms with van der Waals surface area (Å²) in [6.45, 7) is 0.126. The van der Waals surface area contributed by atoms with Crippen molar-refractivity contribution in [3.63, 3.8) is 0 Å². The van der Waals surface area contributed by atoms with E-state index in [9.17, 15) is 0 Å². The number of rotatable bonds is 3. The van der Waals surface area contributed by atoms with Gasteiger partial charge < -0.3 is 17.0 Å². The zero-order valence-corrected chi connectivity index (χ0v) is 21.7. The first-order valence-electron chi connectivity index (χ1n) is 12.2. The molecule has 0 unspecified atom stereocenters. The average Bonchev–Trinajstić information content (AvgIpc) is 3.78. The van der Waals surface area contributed by atoms with Crippen LogP contribution in [0.5, 0.6) is 0 Å². The van der Waals surface area contributed by atoms with E-state index in [0.717, 1.165) is 0 Å². The van der Waals surface area contributed by atoms with Gasteiger partial charge in [0.15, 0.2) is 0 Å². The minimum absolute atomic E-state index is 0. The van der Waals surface area contributed by atoms with Crippen LogP contribution in [-0.4, -0.2) is 6.66 Å². The fourth-order valence-electron chi connectivity index (χ4n) is 18.4. The van der Waals surface area contributed by atoms with E-state index in [1.807, 2.05) is 0 Å². The molecule has 3 aromatic carbocycles. The second-order valence-corrected chi connectivity index (χ2v) is 42.1. The van der Waals surface area contributed by atoms with Crippen molar-refractivity contribution in [3.05, 3.63) is 91.0 Å². The quantitative estimate of drug-likeness (QED) is 0.347. The van der Waals surface area contributed by atoms with Crippen molar-refractivity contribution >= 4 is 23.2 Å². The summed E-state index contributed by atoms with van der Waals surface area (Å²) in [5, 5.41) is 4.28. The summed E-state index contributed by atoms with van der Waals surface area (Å²) in [5.41, 5.74) is 0. The number of halogens is 1. The Hall–Kier alpha value is -0.911. The number of hydrogen-bond acceptors (Lipinski definition) is 0. The van der Waals surface area contributed by atoms with Gasteiger partial charge in [0.1, 0.15) is 23.2 Å². The summed E-state index contributed by atoms with van der Waals surface area (Å²) in [4.78, 5) is 15.9. The number of hydrogen-bond donors (Lipinski definition) is 0. The van der Waals surface area contributed by atoms with Crippen LogP contribution in [0.4, 0.5) is 0 Å². The van der Waals surface area contributed by atoms with Gasteiger partial charge in [-0.15, -0.1) is 0 Å². The first-order valence-corrected chi connectivity index (χ1v) is 20.8. The van der Waals surface area contributed by atoms with Gasteiger partial charge in [-0.05, 0) is 36.4 Å². The zero-order valence-electron chi connectivity index (χ0n) is 18.1. The number of fused-ring (bicyclic) bond motifs is 10. The standard InChI is InChI=1S/C19H18P.2C5H5.BrH.Fe/c1-20(17-11-5-2-6-12-17,18-13-7-3-8-14-18)19-15-9-4-10-16-19;2*1-2-4-5-3-1;;/h2-16H,1H3;2*1-5H;1H;/q+1;;;;/p-1. The third-order valence-corrected chi connectivity index (χ3v) is 64.3. The molecule has 3 heteroatoms. The Morgan fingerprint density at radius 2 is 0.656 bits per heavy atom. The molecule has 13 rings (SSSR count). The van der Waals surface area contributed by atoms with Crippen molar-refractivity contribution in [1.82, 2.24) is 0 Å². The summed E-state index contributed by atoms with van der Waals surface area (Å²) in [5.74, 6) is 0. The molecule has 32 heavy (non-hydrogen) atoms. The van der Waals surface area contributed by atoms with E-state index in [1.54, 1.807) is 48.2 Å². The topological polar surface area (TPSA) is 0 Å². The van der Waals surface area contributed by atoms with Crippen LogP contribution in [0.2, 0.25) is 48.2 Å². The van der Waals surface area contributed by atoms with E-state index in [1.165, 1.54) is 15.9 Å². The summed E-state index contributed by atoms with van der Waals surface area (Å²) in [7, 11) is -1.53. The van der Waals surface area contributed by atoms with E-state index in [2.05, 4.69) is 97.7 Å². The van der Waals surface area contributed by atoms with Crippen molar-refractivity contribution in [1.29, 1.82) is 0 Å². The van der Waals surface area contributed by atoms with Crippen molar-refractivity contribution in [2.45, 2.75) is 48.2 Å². The molecule has 10 heterocycles. The normalized spacial score (nSPS) is 65.8. The van der Waals surface area contributed by atoms with Crippen molar-refractivity contribution in [2.75, 3.05) is 6.66 Å². The monoisotopic (exact) mass is 542 g/mol. The maximum absolute atomic E-state index is 2.41. The molecule has 1 spiro atoms. The fraction of sp³-hybridized carbons (Fsp3) is 0.379. The Labute approximate surface area is 191 Å². The predicted octanol–water partition coefficient (Wildman–Crippen LogP) is 3.99. The molecule has 0 N–H and O–H groups in total. The average molecular weight is 543 g/mol. The summed E-state index contributed by atoms with van der Waals surface area (Å²) >= 11 is 0. The second kappa shape index (κ2) is 2.35.